The molecule has 0 spiro atoms. The lowest BCUT2D eigenvalue weighted by Gasteiger charge is -2.36. The van der Waals surface area contributed by atoms with Gasteiger partial charge in [-0.15, -0.1) is 24.0 Å². The predicted molar refractivity (Wildman–Crippen MR) is 100.0 cm³/mol. The first-order chi connectivity index (χ1) is 11.1. The Bertz CT molecular complexity index is 682. The number of piperazine rings is 1. The average molecular weight is 446 g/mol. The second-order valence-electron chi connectivity index (χ2n) is 5.35. The van der Waals surface area contributed by atoms with E-state index in [1.807, 2.05) is 4.90 Å². The number of hydrogen-bond acceptors (Lipinski definition) is 5. The van der Waals surface area contributed by atoms with Gasteiger partial charge in [0.15, 0.2) is 11.8 Å². The molecule has 0 bridgehead atoms. The second-order valence-corrected chi connectivity index (χ2v) is 5.35. The van der Waals surface area contributed by atoms with Gasteiger partial charge in [-0.2, -0.15) is 4.98 Å². The highest BCUT2D eigenvalue weighted by atomic mass is 127. The van der Waals surface area contributed by atoms with Crippen molar-refractivity contribution in [1.29, 1.82) is 0 Å². The van der Waals surface area contributed by atoms with Gasteiger partial charge in [0, 0.05) is 38.8 Å². The normalized spacial score (nSPS) is 15.3. The summed E-state index contributed by atoms with van der Waals surface area (Å²) in [7, 11) is 0. The highest BCUT2D eigenvalue weighted by Crippen LogP contribution is 2.16. The number of nitrogens with two attached hydrogens (primary N) is 1. The van der Waals surface area contributed by atoms with Gasteiger partial charge in [0.05, 0.1) is 0 Å². The molecular formula is C15H20FIN6O. The van der Waals surface area contributed by atoms with Crippen molar-refractivity contribution in [3.8, 4) is 0 Å². The lowest BCUT2D eigenvalue weighted by molar-refractivity contribution is 0.378. The number of guanidine groups is 1. The molecule has 9 heteroatoms. The van der Waals surface area contributed by atoms with Crippen molar-refractivity contribution in [3.05, 3.63) is 41.8 Å². The van der Waals surface area contributed by atoms with E-state index in [-0.39, 0.29) is 29.8 Å². The van der Waals surface area contributed by atoms with Crippen LogP contribution >= 0.6 is 24.0 Å². The molecule has 0 saturated carbocycles. The Morgan fingerprint density at radius 3 is 2.50 bits per heavy atom. The second kappa shape index (κ2) is 8.27. The lowest BCUT2D eigenvalue weighted by Crippen LogP contribution is -2.51. The van der Waals surface area contributed by atoms with Gasteiger partial charge in [-0.1, -0.05) is 5.16 Å². The number of aryl methyl sites for hydroxylation is 1. The molecule has 1 aliphatic rings. The van der Waals surface area contributed by atoms with Crippen LogP contribution < -0.4 is 10.6 Å². The molecule has 0 amide bonds. The Labute approximate surface area is 156 Å². The number of nitrogens with zero attached hydrogens (tertiary/aromatic N) is 5. The van der Waals surface area contributed by atoms with E-state index in [2.05, 4.69) is 20.0 Å². The molecule has 0 atom stereocenters. The maximum Gasteiger partial charge on any atom is 0.223 e. The number of halogens is 2. The van der Waals surface area contributed by atoms with Crippen LogP contribution in [-0.4, -0.2) is 47.2 Å². The summed E-state index contributed by atoms with van der Waals surface area (Å²) in [4.78, 5) is 12.6. The average Bonchev–Trinajstić information content (AvgIpc) is 2.99. The topological polar surface area (TPSA) is 83.8 Å². The van der Waals surface area contributed by atoms with E-state index >= 15 is 0 Å². The van der Waals surface area contributed by atoms with Crippen LogP contribution in [0, 0.1) is 12.7 Å². The molecular weight excluding hydrogens is 426 g/mol. The maximum absolute atomic E-state index is 13.0. The molecule has 2 aromatic rings. The first-order valence-corrected chi connectivity index (χ1v) is 7.46. The Morgan fingerprint density at radius 2 is 1.92 bits per heavy atom. The van der Waals surface area contributed by atoms with Crippen LogP contribution in [0.1, 0.15) is 11.7 Å². The van der Waals surface area contributed by atoms with Crippen LogP contribution in [0.5, 0.6) is 0 Å². The van der Waals surface area contributed by atoms with Gasteiger partial charge < -0.3 is 20.1 Å². The summed E-state index contributed by atoms with van der Waals surface area (Å²) in [6.45, 7) is 5.18. The van der Waals surface area contributed by atoms with Gasteiger partial charge in [0.1, 0.15) is 12.4 Å². The van der Waals surface area contributed by atoms with Crippen LogP contribution in [0.4, 0.5) is 10.1 Å². The van der Waals surface area contributed by atoms with Gasteiger partial charge in [-0.05, 0) is 24.3 Å². The van der Waals surface area contributed by atoms with E-state index in [0.717, 1.165) is 31.9 Å². The minimum absolute atomic E-state index is 0. The summed E-state index contributed by atoms with van der Waals surface area (Å²) < 4.78 is 17.9. The van der Waals surface area contributed by atoms with Gasteiger partial charge in [0.25, 0.3) is 0 Å². The molecule has 1 aliphatic heterocycles. The number of benzene rings is 1. The minimum atomic E-state index is -0.222. The SMILES string of the molecule is Cc1nc(CN=C(N)N2CCN(c3ccc(F)cc3)CC2)no1.I. The molecule has 7 nitrogen and oxygen atoms in total. The van der Waals surface area contributed by atoms with Gasteiger partial charge >= 0.3 is 0 Å². The van der Waals surface area contributed by atoms with Crippen LogP contribution in [0.15, 0.2) is 33.8 Å². The Hall–Kier alpha value is -1.91. The summed E-state index contributed by atoms with van der Waals surface area (Å²) in [5.74, 6) is 1.30. The zero-order valence-electron chi connectivity index (χ0n) is 13.4. The Balaban J connectivity index is 0.00000208. The molecule has 2 N–H and O–H groups in total. The monoisotopic (exact) mass is 446 g/mol. The molecule has 130 valence electrons. The molecule has 0 aliphatic carbocycles. The summed E-state index contributed by atoms with van der Waals surface area (Å²) in [6, 6.07) is 6.54. The predicted octanol–water partition coefficient (Wildman–Crippen LogP) is 1.77. The zero-order valence-corrected chi connectivity index (χ0v) is 15.7. The first kappa shape index (κ1) is 18.4. The summed E-state index contributed by atoms with van der Waals surface area (Å²) in [5.41, 5.74) is 7.05. The quantitative estimate of drug-likeness (QED) is 0.440. The van der Waals surface area contributed by atoms with E-state index in [9.17, 15) is 4.39 Å². The fourth-order valence-corrected chi connectivity index (χ4v) is 2.50. The molecule has 3 rings (SSSR count). The highest BCUT2D eigenvalue weighted by Gasteiger charge is 2.18. The summed E-state index contributed by atoms with van der Waals surface area (Å²) in [6.07, 6.45) is 0. The Kier molecular flexibility index (Phi) is 6.35. The molecule has 1 saturated heterocycles. The molecule has 0 radical (unpaired) electrons. The van der Waals surface area contributed by atoms with Crippen molar-refractivity contribution in [2.75, 3.05) is 31.1 Å². The van der Waals surface area contributed by atoms with Crippen LogP contribution in [0.3, 0.4) is 0 Å². The number of anilines is 1. The largest absolute Gasteiger partial charge is 0.370 e. The minimum Gasteiger partial charge on any atom is -0.370 e. The van der Waals surface area contributed by atoms with E-state index in [1.54, 1.807) is 19.1 Å². The highest BCUT2D eigenvalue weighted by molar-refractivity contribution is 14.0. The fraction of sp³-hybridized carbons (Fsp3) is 0.400. The maximum atomic E-state index is 13.0. The number of rotatable bonds is 3. The molecule has 0 unspecified atom stereocenters. The first-order valence-electron chi connectivity index (χ1n) is 7.46. The van der Waals surface area contributed by atoms with Crippen molar-refractivity contribution in [1.82, 2.24) is 15.0 Å². The van der Waals surface area contributed by atoms with Crippen molar-refractivity contribution >= 4 is 35.6 Å². The van der Waals surface area contributed by atoms with Crippen LogP contribution in [0.25, 0.3) is 0 Å². The van der Waals surface area contributed by atoms with E-state index < -0.39 is 0 Å². The third-order valence-electron chi connectivity index (χ3n) is 3.75. The third-order valence-corrected chi connectivity index (χ3v) is 3.75. The van der Waals surface area contributed by atoms with Crippen LogP contribution in [-0.2, 0) is 6.54 Å². The van der Waals surface area contributed by atoms with Crippen LogP contribution in [0.2, 0.25) is 0 Å². The van der Waals surface area contributed by atoms with Gasteiger partial charge in [0.2, 0.25) is 5.89 Å². The molecule has 1 fully saturated rings. The van der Waals surface area contributed by atoms with Gasteiger partial charge in [-0.25, -0.2) is 9.38 Å². The number of aliphatic imine (C=N–C) groups is 1. The van der Waals surface area contributed by atoms with E-state index in [4.69, 9.17) is 10.3 Å². The number of hydrogen-bond donors (Lipinski definition) is 1. The van der Waals surface area contributed by atoms with Crippen molar-refractivity contribution in [2.24, 2.45) is 10.7 Å². The smallest absolute Gasteiger partial charge is 0.223 e. The zero-order chi connectivity index (χ0) is 16.2. The number of aromatic nitrogens is 2. The van der Waals surface area contributed by atoms with E-state index in [0.29, 0.717) is 24.2 Å². The summed E-state index contributed by atoms with van der Waals surface area (Å²) >= 11 is 0. The Morgan fingerprint density at radius 1 is 1.25 bits per heavy atom. The van der Waals surface area contributed by atoms with Crippen molar-refractivity contribution in [3.63, 3.8) is 0 Å². The van der Waals surface area contributed by atoms with Gasteiger partial charge in [-0.3, -0.25) is 0 Å². The van der Waals surface area contributed by atoms with Crippen molar-refractivity contribution < 1.29 is 8.91 Å². The molecule has 24 heavy (non-hydrogen) atoms. The summed E-state index contributed by atoms with van der Waals surface area (Å²) in [5, 5.41) is 3.79. The molecule has 1 aromatic heterocycles. The standard InChI is InChI=1S/C15H19FN6O.HI/c1-11-19-14(20-23-11)10-18-15(17)22-8-6-21(7-9-22)13-4-2-12(16)3-5-13;/h2-5H,6-10H2,1H3,(H2,17,18);1H. The third kappa shape index (κ3) is 4.56. The van der Waals surface area contributed by atoms with Crippen molar-refractivity contribution in [2.45, 2.75) is 13.5 Å². The fourth-order valence-electron chi connectivity index (χ4n) is 2.50. The van der Waals surface area contributed by atoms with E-state index in [1.165, 1.54) is 12.1 Å². The molecule has 1 aromatic carbocycles. The lowest BCUT2D eigenvalue weighted by atomic mass is 10.2. The molecule has 2 heterocycles.